The fraction of sp³-hybridized carbons (Fsp3) is 0.269. The van der Waals surface area contributed by atoms with Gasteiger partial charge in [0.25, 0.3) is 11.8 Å². The number of nitrogens with zero attached hydrogens (tertiary/aromatic N) is 5. The van der Waals surface area contributed by atoms with Gasteiger partial charge in [-0.15, -0.1) is 0 Å². The van der Waals surface area contributed by atoms with Crippen LogP contribution in [0.3, 0.4) is 0 Å². The molecule has 1 saturated heterocycles. The number of nitrogens with two attached hydrogens (primary N) is 1. The molecule has 2 atom stereocenters. The first-order valence-electron chi connectivity index (χ1n) is 12.2. The molecule has 0 aliphatic carbocycles. The number of pyridine rings is 1. The normalized spacial score (nSPS) is 17.6. The van der Waals surface area contributed by atoms with Crippen LogP contribution in [-0.4, -0.2) is 61.6 Å². The molecule has 3 N–H and O–H groups in total. The highest BCUT2D eigenvalue weighted by Crippen LogP contribution is 2.39. The van der Waals surface area contributed by atoms with E-state index >= 15 is 0 Å². The summed E-state index contributed by atoms with van der Waals surface area (Å²) in [7, 11) is 0. The first kappa shape index (κ1) is 28.8. The van der Waals surface area contributed by atoms with Crippen molar-refractivity contribution in [2.45, 2.75) is 31.5 Å². The Bertz CT molecular complexity index is 1700. The Labute approximate surface area is 232 Å². The fourth-order valence-electron chi connectivity index (χ4n) is 4.81. The predicted octanol–water partition coefficient (Wildman–Crippen LogP) is 4.31. The van der Waals surface area contributed by atoms with Crippen molar-refractivity contribution < 1.29 is 40.3 Å². The van der Waals surface area contributed by atoms with Crippen molar-refractivity contribution in [1.29, 1.82) is 0 Å². The van der Waals surface area contributed by atoms with Crippen molar-refractivity contribution >= 4 is 23.1 Å². The lowest BCUT2D eigenvalue weighted by Crippen LogP contribution is -2.42. The van der Waals surface area contributed by atoms with E-state index in [4.69, 9.17) is 5.73 Å². The van der Waals surface area contributed by atoms with Gasteiger partial charge in [-0.25, -0.2) is 13.9 Å². The third-order valence-corrected chi connectivity index (χ3v) is 6.88. The number of aryl methyl sites for hydroxylation is 1. The van der Waals surface area contributed by atoms with Gasteiger partial charge in [0.1, 0.15) is 18.0 Å². The number of amides is 2. The third kappa shape index (κ3) is 5.19. The largest absolute Gasteiger partial charge is 0.418 e. The summed E-state index contributed by atoms with van der Waals surface area (Å²) in [5, 5.41) is 6.32. The average molecular weight is 595 g/mol. The highest BCUT2D eigenvalue weighted by molar-refractivity contribution is 5.98. The molecular weight excluding hydrogens is 575 g/mol. The number of aromatic nitrogens is 4. The number of rotatable bonds is 4. The molecule has 220 valence electrons. The van der Waals surface area contributed by atoms with E-state index < -0.39 is 77.5 Å². The summed E-state index contributed by atoms with van der Waals surface area (Å²) in [6.07, 6.45) is -8.84. The second kappa shape index (κ2) is 10.3. The van der Waals surface area contributed by atoms with Crippen LogP contribution in [0.5, 0.6) is 0 Å². The summed E-state index contributed by atoms with van der Waals surface area (Å²) >= 11 is 0. The molecule has 1 fully saturated rings. The van der Waals surface area contributed by atoms with Gasteiger partial charge >= 0.3 is 12.4 Å². The minimum Gasteiger partial charge on any atom is -0.382 e. The van der Waals surface area contributed by atoms with Crippen LogP contribution in [0.1, 0.15) is 37.4 Å². The van der Waals surface area contributed by atoms with Crippen LogP contribution in [-0.2, 0) is 12.4 Å². The second-order valence-corrected chi connectivity index (χ2v) is 9.60. The fourth-order valence-corrected chi connectivity index (χ4v) is 4.81. The van der Waals surface area contributed by atoms with Crippen LogP contribution in [0.4, 0.5) is 36.6 Å². The standard InChI is InChI=1S/C26H20F7N7O2/c1-12-2-3-13(20-7-17(26(31,32)33)21-22(34)36-11-37-40(20)21)6-14(12)23(41)38-19-10-39(9-18(19)27)24(42)15-8-35-5-4-16(15)25(28,29)30/h2-8,11,18-19H,9-10H2,1H3,(H,38,41)(H2,34,36,37)/t18-,19+/m0/s1. The number of alkyl halides is 7. The zero-order valence-electron chi connectivity index (χ0n) is 21.5. The Morgan fingerprint density at radius 3 is 2.40 bits per heavy atom. The smallest absolute Gasteiger partial charge is 0.382 e. The summed E-state index contributed by atoms with van der Waals surface area (Å²) in [5.74, 6) is -2.31. The SMILES string of the molecule is Cc1ccc(-c2cc(C(F)(F)F)c3c(N)ncnn23)cc1C(=O)N[C@@H]1CN(C(=O)c2cnccc2C(F)(F)F)C[C@@H]1F. The summed E-state index contributed by atoms with van der Waals surface area (Å²) in [4.78, 5) is 34.1. The molecule has 0 radical (unpaired) electrons. The van der Waals surface area contributed by atoms with E-state index in [9.17, 15) is 40.3 Å². The minimum atomic E-state index is -4.84. The number of likely N-dealkylation sites (tertiary alicyclic amines) is 1. The van der Waals surface area contributed by atoms with E-state index in [-0.39, 0.29) is 16.8 Å². The van der Waals surface area contributed by atoms with Crippen LogP contribution in [0.2, 0.25) is 0 Å². The Balaban J connectivity index is 1.40. The molecule has 3 aromatic heterocycles. The van der Waals surface area contributed by atoms with Crippen molar-refractivity contribution in [2.75, 3.05) is 18.8 Å². The number of carbonyl (C=O) groups excluding carboxylic acids is 2. The molecule has 1 aromatic carbocycles. The van der Waals surface area contributed by atoms with Gasteiger partial charge in [0.15, 0.2) is 5.82 Å². The molecule has 0 unspecified atom stereocenters. The molecule has 1 aliphatic heterocycles. The summed E-state index contributed by atoms with van der Waals surface area (Å²) < 4.78 is 97.1. The van der Waals surface area contributed by atoms with Gasteiger partial charge in [-0.2, -0.15) is 31.4 Å². The van der Waals surface area contributed by atoms with E-state index in [1.54, 1.807) is 6.92 Å². The molecule has 42 heavy (non-hydrogen) atoms. The summed E-state index contributed by atoms with van der Waals surface area (Å²) in [5.41, 5.74) is 2.66. The Morgan fingerprint density at radius 2 is 1.71 bits per heavy atom. The van der Waals surface area contributed by atoms with Crippen molar-refractivity contribution in [3.63, 3.8) is 0 Å². The molecule has 9 nitrogen and oxygen atoms in total. The molecule has 16 heteroatoms. The highest BCUT2D eigenvalue weighted by Gasteiger charge is 2.41. The first-order valence-corrected chi connectivity index (χ1v) is 12.2. The first-order chi connectivity index (χ1) is 19.7. The molecule has 2 amide bonds. The lowest BCUT2D eigenvalue weighted by atomic mass is 10.0. The topological polar surface area (TPSA) is 119 Å². The maximum Gasteiger partial charge on any atom is 0.418 e. The number of fused-ring (bicyclic) bond motifs is 1. The van der Waals surface area contributed by atoms with Gasteiger partial charge in [0, 0.05) is 30.1 Å². The van der Waals surface area contributed by atoms with E-state index in [0.29, 0.717) is 11.6 Å². The summed E-state index contributed by atoms with van der Waals surface area (Å²) in [6, 6.07) is 4.41. The number of nitrogen functional groups attached to an aromatic ring is 1. The Kier molecular flexibility index (Phi) is 7.02. The maximum absolute atomic E-state index is 14.9. The van der Waals surface area contributed by atoms with E-state index in [1.807, 2.05) is 0 Å². The van der Waals surface area contributed by atoms with E-state index in [1.165, 1.54) is 18.2 Å². The van der Waals surface area contributed by atoms with Gasteiger partial charge in [-0.3, -0.25) is 14.6 Å². The van der Waals surface area contributed by atoms with Crippen LogP contribution in [0, 0.1) is 6.92 Å². The number of hydrogen-bond acceptors (Lipinski definition) is 6. The average Bonchev–Trinajstić information content (AvgIpc) is 3.50. The van der Waals surface area contributed by atoms with Gasteiger partial charge in [0.05, 0.1) is 35.0 Å². The van der Waals surface area contributed by atoms with Gasteiger partial charge in [-0.05, 0) is 30.7 Å². The lowest BCUT2D eigenvalue weighted by molar-refractivity contribution is -0.138. The third-order valence-electron chi connectivity index (χ3n) is 6.88. The van der Waals surface area contributed by atoms with Crippen molar-refractivity contribution in [2.24, 2.45) is 0 Å². The number of hydrogen-bond donors (Lipinski definition) is 2. The van der Waals surface area contributed by atoms with Gasteiger partial charge in [-0.1, -0.05) is 12.1 Å². The lowest BCUT2D eigenvalue weighted by Gasteiger charge is -2.19. The maximum atomic E-state index is 14.9. The van der Waals surface area contributed by atoms with Gasteiger partial charge < -0.3 is 16.0 Å². The zero-order valence-corrected chi connectivity index (χ0v) is 21.5. The molecule has 1 aliphatic rings. The number of benzene rings is 1. The number of anilines is 1. The molecule has 0 spiro atoms. The van der Waals surface area contributed by atoms with Crippen LogP contribution in [0.25, 0.3) is 16.8 Å². The van der Waals surface area contributed by atoms with Crippen LogP contribution in [0.15, 0.2) is 49.1 Å². The molecular formula is C26H20F7N7O2. The number of halogens is 7. The molecule has 4 aromatic rings. The quantitative estimate of drug-likeness (QED) is 0.340. The highest BCUT2D eigenvalue weighted by atomic mass is 19.4. The second-order valence-electron chi connectivity index (χ2n) is 9.60. The monoisotopic (exact) mass is 595 g/mol. The molecule has 4 heterocycles. The summed E-state index contributed by atoms with van der Waals surface area (Å²) in [6.45, 7) is 0.548. The van der Waals surface area contributed by atoms with E-state index in [0.717, 1.165) is 34.2 Å². The number of nitrogens with one attached hydrogen (secondary N) is 1. The van der Waals surface area contributed by atoms with E-state index in [2.05, 4.69) is 20.4 Å². The Morgan fingerprint density at radius 1 is 1.00 bits per heavy atom. The molecule has 0 bridgehead atoms. The number of carbonyl (C=O) groups is 2. The van der Waals surface area contributed by atoms with Crippen LogP contribution < -0.4 is 11.1 Å². The molecule has 0 saturated carbocycles. The van der Waals surface area contributed by atoms with Crippen molar-refractivity contribution in [1.82, 2.24) is 29.8 Å². The predicted molar refractivity (Wildman–Crippen MR) is 134 cm³/mol. The van der Waals surface area contributed by atoms with Crippen molar-refractivity contribution in [3.8, 4) is 11.3 Å². The minimum absolute atomic E-state index is 0.0124. The van der Waals surface area contributed by atoms with Crippen molar-refractivity contribution in [3.05, 3.63) is 76.9 Å². The zero-order chi connectivity index (χ0) is 30.6. The molecule has 5 rings (SSSR count). The van der Waals surface area contributed by atoms with Crippen LogP contribution >= 0.6 is 0 Å². The Hall–Kier alpha value is -4.76. The van der Waals surface area contributed by atoms with Gasteiger partial charge in [0.2, 0.25) is 0 Å².